The second-order valence-electron chi connectivity index (χ2n) is 3.65. The molecule has 2 aromatic rings. The van der Waals surface area contributed by atoms with Crippen LogP contribution < -0.4 is 17.0 Å². The number of nitrogens with two attached hydrogens (primary N) is 2. The third-order valence-corrected chi connectivity index (χ3v) is 2.66. The number of nitrogen functional groups attached to an aromatic ring is 1. The van der Waals surface area contributed by atoms with Crippen molar-refractivity contribution >= 4 is 5.82 Å². The fourth-order valence-electron chi connectivity index (χ4n) is 1.73. The van der Waals surface area contributed by atoms with Crippen LogP contribution in [0.3, 0.4) is 0 Å². The maximum Gasteiger partial charge on any atom is 0.138 e. The fraction of sp³-hybridized carbons (Fsp3) is 0.444. The lowest BCUT2D eigenvalue weighted by atomic mass is 10.1. The molecule has 8 heteroatoms. The SMILES string of the molecule is CCn1ncnc1CC(NN)c1cn[nH]c1N. The number of aromatic nitrogens is 5. The van der Waals surface area contributed by atoms with Crippen molar-refractivity contribution < 1.29 is 0 Å². The van der Waals surface area contributed by atoms with Crippen LogP contribution in [0.1, 0.15) is 24.4 Å². The van der Waals surface area contributed by atoms with E-state index in [1.807, 2.05) is 11.6 Å². The van der Waals surface area contributed by atoms with Gasteiger partial charge in [0.2, 0.25) is 0 Å². The van der Waals surface area contributed by atoms with Gasteiger partial charge < -0.3 is 5.73 Å². The van der Waals surface area contributed by atoms with Crippen molar-refractivity contribution in [2.45, 2.75) is 25.9 Å². The van der Waals surface area contributed by atoms with Crippen LogP contribution in [0.2, 0.25) is 0 Å². The number of H-pyrrole nitrogens is 1. The van der Waals surface area contributed by atoms with E-state index in [0.29, 0.717) is 12.2 Å². The van der Waals surface area contributed by atoms with Crippen LogP contribution in [0.5, 0.6) is 0 Å². The van der Waals surface area contributed by atoms with Gasteiger partial charge in [-0.25, -0.2) is 4.98 Å². The Hall–Kier alpha value is -1.93. The third kappa shape index (κ3) is 2.27. The maximum absolute atomic E-state index is 5.76. The Morgan fingerprint density at radius 3 is 3.00 bits per heavy atom. The van der Waals surface area contributed by atoms with Crippen molar-refractivity contribution in [1.29, 1.82) is 0 Å². The summed E-state index contributed by atoms with van der Waals surface area (Å²) in [4.78, 5) is 4.20. The van der Waals surface area contributed by atoms with E-state index in [4.69, 9.17) is 11.6 Å². The van der Waals surface area contributed by atoms with Gasteiger partial charge in [-0.1, -0.05) is 0 Å². The van der Waals surface area contributed by atoms with E-state index in [-0.39, 0.29) is 6.04 Å². The molecule has 2 rings (SSSR count). The molecular weight excluding hydrogens is 220 g/mol. The van der Waals surface area contributed by atoms with Gasteiger partial charge in [0.25, 0.3) is 0 Å². The Bertz CT molecular complexity index is 473. The first kappa shape index (κ1) is 11.6. The predicted octanol–water partition coefficient (Wildman–Crippen LogP) is -0.650. The summed E-state index contributed by atoms with van der Waals surface area (Å²) in [5.74, 6) is 6.90. The molecule has 0 radical (unpaired) electrons. The fourth-order valence-corrected chi connectivity index (χ4v) is 1.73. The molecule has 0 saturated carbocycles. The van der Waals surface area contributed by atoms with Gasteiger partial charge in [-0.15, -0.1) is 0 Å². The van der Waals surface area contributed by atoms with Crippen LogP contribution in [0.25, 0.3) is 0 Å². The first-order valence-electron chi connectivity index (χ1n) is 5.37. The summed E-state index contributed by atoms with van der Waals surface area (Å²) in [6.07, 6.45) is 3.80. The Balaban J connectivity index is 2.19. The Labute approximate surface area is 98.4 Å². The van der Waals surface area contributed by atoms with Gasteiger partial charge in [0.15, 0.2) is 0 Å². The molecule has 0 amide bonds. The van der Waals surface area contributed by atoms with Crippen molar-refractivity contribution in [2.75, 3.05) is 5.73 Å². The van der Waals surface area contributed by atoms with Crippen molar-refractivity contribution in [3.8, 4) is 0 Å². The summed E-state index contributed by atoms with van der Waals surface area (Å²) in [5.41, 5.74) is 9.31. The average Bonchev–Trinajstić information content (AvgIpc) is 2.94. The third-order valence-electron chi connectivity index (χ3n) is 2.66. The molecule has 17 heavy (non-hydrogen) atoms. The van der Waals surface area contributed by atoms with E-state index in [2.05, 4.69) is 25.7 Å². The standard InChI is InChI=1S/C9H16N8/c1-2-17-8(12-5-14-17)3-7(15-11)6-4-13-16-9(6)10/h4-5,7,15H,2-3,11H2,1H3,(H3,10,13,16). The quantitative estimate of drug-likeness (QED) is 0.404. The first-order valence-corrected chi connectivity index (χ1v) is 5.37. The molecule has 0 aliphatic heterocycles. The Morgan fingerprint density at radius 2 is 2.41 bits per heavy atom. The van der Waals surface area contributed by atoms with Gasteiger partial charge in [0.05, 0.1) is 12.2 Å². The number of aryl methyl sites for hydroxylation is 1. The summed E-state index contributed by atoms with van der Waals surface area (Å²) >= 11 is 0. The Morgan fingerprint density at radius 1 is 1.59 bits per heavy atom. The molecule has 0 aliphatic rings. The molecular formula is C9H16N8. The number of hydrogen-bond acceptors (Lipinski definition) is 6. The van der Waals surface area contributed by atoms with Crippen molar-refractivity contribution in [2.24, 2.45) is 5.84 Å². The molecule has 8 nitrogen and oxygen atoms in total. The van der Waals surface area contributed by atoms with Crippen molar-refractivity contribution in [3.05, 3.63) is 23.9 Å². The number of hydrogen-bond donors (Lipinski definition) is 4. The highest BCUT2D eigenvalue weighted by Crippen LogP contribution is 2.20. The van der Waals surface area contributed by atoms with E-state index in [9.17, 15) is 0 Å². The summed E-state index contributed by atoms with van der Waals surface area (Å²) < 4.78 is 1.82. The normalized spacial score (nSPS) is 12.8. The highest BCUT2D eigenvalue weighted by Gasteiger charge is 2.17. The molecule has 0 saturated heterocycles. The second kappa shape index (κ2) is 4.93. The van der Waals surface area contributed by atoms with E-state index in [1.165, 1.54) is 6.33 Å². The zero-order valence-electron chi connectivity index (χ0n) is 9.59. The molecule has 2 aromatic heterocycles. The van der Waals surface area contributed by atoms with Gasteiger partial charge in [-0.05, 0) is 6.92 Å². The van der Waals surface area contributed by atoms with Crippen LogP contribution >= 0.6 is 0 Å². The molecule has 0 spiro atoms. The number of anilines is 1. The van der Waals surface area contributed by atoms with Crippen LogP contribution in [0, 0.1) is 0 Å². The lowest BCUT2D eigenvalue weighted by Gasteiger charge is -2.14. The van der Waals surface area contributed by atoms with Gasteiger partial charge in [-0.3, -0.25) is 21.0 Å². The van der Waals surface area contributed by atoms with Gasteiger partial charge in [-0.2, -0.15) is 10.2 Å². The molecule has 92 valence electrons. The first-order chi connectivity index (χ1) is 8.26. The molecule has 0 aliphatic carbocycles. The minimum Gasteiger partial charge on any atom is -0.384 e. The topological polar surface area (TPSA) is 123 Å². The maximum atomic E-state index is 5.76. The number of nitrogens with zero attached hydrogens (tertiary/aromatic N) is 4. The largest absolute Gasteiger partial charge is 0.384 e. The molecule has 1 unspecified atom stereocenters. The monoisotopic (exact) mass is 236 g/mol. The zero-order chi connectivity index (χ0) is 12.3. The molecule has 2 heterocycles. The predicted molar refractivity (Wildman–Crippen MR) is 62.5 cm³/mol. The van der Waals surface area contributed by atoms with Crippen LogP contribution in [0.4, 0.5) is 5.82 Å². The molecule has 0 bridgehead atoms. The van der Waals surface area contributed by atoms with E-state index < -0.39 is 0 Å². The number of rotatable bonds is 5. The van der Waals surface area contributed by atoms with E-state index in [0.717, 1.165) is 17.9 Å². The highest BCUT2D eigenvalue weighted by molar-refractivity contribution is 5.39. The Kier molecular flexibility index (Phi) is 3.35. The molecule has 1 atom stereocenters. The summed E-state index contributed by atoms with van der Waals surface area (Å²) in [5, 5.41) is 10.7. The van der Waals surface area contributed by atoms with Crippen LogP contribution in [-0.2, 0) is 13.0 Å². The number of nitrogens with one attached hydrogen (secondary N) is 2. The van der Waals surface area contributed by atoms with Gasteiger partial charge >= 0.3 is 0 Å². The van der Waals surface area contributed by atoms with Crippen molar-refractivity contribution in [3.63, 3.8) is 0 Å². The second-order valence-corrected chi connectivity index (χ2v) is 3.65. The summed E-state index contributed by atoms with van der Waals surface area (Å²) in [7, 11) is 0. The van der Waals surface area contributed by atoms with Gasteiger partial charge in [0, 0.05) is 18.5 Å². The molecule has 0 fully saturated rings. The highest BCUT2D eigenvalue weighted by atomic mass is 15.3. The van der Waals surface area contributed by atoms with Gasteiger partial charge in [0.1, 0.15) is 18.0 Å². The van der Waals surface area contributed by atoms with E-state index >= 15 is 0 Å². The molecule has 0 aromatic carbocycles. The van der Waals surface area contributed by atoms with Crippen LogP contribution in [-0.4, -0.2) is 25.0 Å². The summed E-state index contributed by atoms with van der Waals surface area (Å²) in [6.45, 7) is 2.78. The van der Waals surface area contributed by atoms with Crippen molar-refractivity contribution in [1.82, 2.24) is 30.4 Å². The summed E-state index contributed by atoms with van der Waals surface area (Å²) in [6, 6.07) is -0.136. The zero-order valence-corrected chi connectivity index (χ0v) is 9.59. The number of hydrazine groups is 1. The molecule has 6 N–H and O–H groups in total. The van der Waals surface area contributed by atoms with Crippen LogP contribution in [0.15, 0.2) is 12.5 Å². The minimum absolute atomic E-state index is 0.136. The van der Waals surface area contributed by atoms with E-state index in [1.54, 1.807) is 6.20 Å². The minimum atomic E-state index is -0.136. The smallest absolute Gasteiger partial charge is 0.138 e. The average molecular weight is 236 g/mol. The number of aromatic amines is 1. The lowest BCUT2D eigenvalue weighted by molar-refractivity contribution is 0.511. The lowest BCUT2D eigenvalue weighted by Crippen LogP contribution is -2.30.